The molecule has 2 saturated heterocycles. The van der Waals surface area contributed by atoms with Gasteiger partial charge in [-0.15, -0.1) is 0 Å². The lowest BCUT2D eigenvalue weighted by molar-refractivity contribution is -0.124. The number of carbonyl (C=O) groups excluding carboxylic acids is 2. The molecule has 0 radical (unpaired) electrons. The second-order valence-electron chi connectivity index (χ2n) is 5.11. The molecule has 20 heavy (non-hydrogen) atoms. The Morgan fingerprint density at radius 3 is 2.15 bits per heavy atom. The van der Waals surface area contributed by atoms with E-state index < -0.39 is 11.8 Å². The van der Waals surface area contributed by atoms with Crippen LogP contribution in [0.15, 0.2) is 30.4 Å². The Kier molecular flexibility index (Phi) is 2.52. The number of halogens is 2. The van der Waals surface area contributed by atoms with Crippen LogP contribution in [0.4, 0.5) is 5.69 Å². The summed E-state index contributed by atoms with van der Waals surface area (Å²) in [6.45, 7) is 0. The van der Waals surface area contributed by atoms with Gasteiger partial charge >= 0.3 is 0 Å². The van der Waals surface area contributed by atoms with Gasteiger partial charge in [0, 0.05) is 5.02 Å². The molecule has 0 spiro atoms. The number of anilines is 1. The van der Waals surface area contributed by atoms with Crippen molar-refractivity contribution in [2.75, 3.05) is 4.90 Å². The Morgan fingerprint density at radius 2 is 1.60 bits per heavy atom. The predicted octanol–water partition coefficient (Wildman–Crippen LogP) is 2.44. The highest BCUT2D eigenvalue weighted by molar-refractivity contribution is 6.38. The monoisotopic (exact) mass is 309 g/mol. The van der Waals surface area contributed by atoms with E-state index in [1.165, 1.54) is 11.0 Å². The highest BCUT2D eigenvalue weighted by Crippen LogP contribution is 2.47. The Morgan fingerprint density at radius 1 is 1.00 bits per heavy atom. The fourth-order valence-electron chi connectivity index (χ4n) is 3.20. The smallest absolute Gasteiger partial charge is 0.240 e. The Labute approximate surface area is 124 Å². The largest absolute Gasteiger partial charge is 0.365 e. The SMILES string of the molecule is O=C1[C@@H]2[C@@H](C(=O)N1c1ccc(Cl)cc1Cl)[C@@H]1C=C[C@@H]2O1. The van der Waals surface area contributed by atoms with E-state index in [1.54, 1.807) is 12.1 Å². The van der Waals surface area contributed by atoms with Crippen molar-refractivity contribution >= 4 is 40.7 Å². The minimum Gasteiger partial charge on any atom is -0.365 e. The zero-order valence-corrected chi connectivity index (χ0v) is 11.6. The van der Waals surface area contributed by atoms with Gasteiger partial charge in [0.25, 0.3) is 0 Å². The Hall–Kier alpha value is -1.36. The van der Waals surface area contributed by atoms with E-state index in [1.807, 2.05) is 12.2 Å². The summed E-state index contributed by atoms with van der Waals surface area (Å²) < 4.78 is 5.58. The van der Waals surface area contributed by atoms with E-state index in [2.05, 4.69) is 0 Å². The summed E-state index contributed by atoms with van der Waals surface area (Å²) in [4.78, 5) is 26.2. The van der Waals surface area contributed by atoms with Gasteiger partial charge in [-0.25, -0.2) is 4.90 Å². The third-order valence-corrected chi connectivity index (χ3v) is 4.60. The summed E-state index contributed by atoms with van der Waals surface area (Å²) >= 11 is 12.0. The second kappa shape index (κ2) is 4.07. The predicted molar refractivity (Wildman–Crippen MR) is 73.7 cm³/mol. The quantitative estimate of drug-likeness (QED) is 0.591. The number of imide groups is 1. The summed E-state index contributed by atoms with van der Waals surface area (Å²) in [6, 6.07) is 4.73. The van der Waals surface area contributed by atoms with Gasteiger partial charge in [-0.1, -0.05) is 35.4 Å². The number of carbonyl (C=O) groups is 2. The van der Waals surface area contributed by atoms with Crippen LogP contribution >= 0.6 is 23.2 Å². The summed E-state index contributed by atoms with van der Waals surface area (Å²) in [7, 11) is 0. The molecule has 4 atom stereocenters. The maximum absolute atomic E-state index is 12.5. The summed E-state index contributed by atoms with van der Waals surface area (Å²) in [5, 5.41) is 0.753. The van der Waals surface area contributed by atoms with Gasteiger partial charge < -0.3 is 4.74 Å². The molecule has 0 aliphatic carbocycles. The highest BCUT2D eigenvalue weighted by Gasteiger charge is 2.61. The summed E-state index contributed by atoms with van der Waals surface area (Å²) in [6.07, 6.45) is 3.11. The second-order valence-corrected chi connectivity index (χ2v) is 5.95. The molecule has 0 aromatic heterocycles. The van der Waals surface area contributed by atoms with Gasteiger partial charge in [-0.05, 0) is 18.2 Å². The zero-order chi connectivity index (χ0) is 14.0. The molecule has 4 nitrogen and oxygen atoms in total. The minimum atomic E-state index is -0.427. The van der Waals surface area contributed by atoms with Crippen LogP contribution in [0.2, 0.25) is 10.0 Å². The van der Waals surface area contributed by atoms with Crippen molar-refractivity contribution in [1.82, 2.24) is 0 Å². The molecule has 0 saturated carbocycles. The molecule has 102 valence electrons. The molecule has 4 rings (SSSR count). The van der Waals surface area contributed by atoms with E-state index in [0.717, 1.165) is 0 Å². The third kappa shape index (κ3) is 1.47. The van der Waals surface area contributed by atoms with Crippen LogP contribution in [0.3, 0.4) is 0 Å². The van der Waals surface area contributed by atoms with Crippen LogP contribution in [0.1, 0.15) is 0 Å². The first-order valence-corrected chi connectivity index (χ1v) is 7.00. The highest BCUT2D eigenvalue weighted by atomic mass is 35.5. The van der Waals surface area contributed by atoms with Crippen LogP contribution in [-0.2, 0) is 14.3 Å². The van der Waals surface area contributed by atoms with E-state index in [9.17, 15) is 9.59 Å². The molecule has 3 aliphatic heterocycles. The molecular weight excluding hydrogens is 301 g/mol. The lowest BCUT2D eigenvalue weighted by Crippen LogP contribution is -2.34. The van der Waals surface area contributed by atoms with Gasteiger partial charge in [0.15, 0.2) is 0 Å². The maximum Gasteiger partial charge on any atom is 0.240 e. The van der Waals surface area contributed by atoms with Gasteiger partial charge in [-0.2, -0.15) is 0 Å². The number of rotatable bonds is 1. The van der Waals surface area contributed by atoms with Crippen LogP contribution < -0.4 is 4.90 Å². The first kappa shape index (κ1) is 12.4. The van der Waals surface area contributed by atoms with E-state index >= 15 is 0 Å². The van der Waals surface area contributed by atoms with E-state index in [4.69, 9.17) is 27.9 Å². The lowest BCUT2D eigenvalue weighted by atomic mass is 9.85. The molecule has 2 fully saturated rings. The standard InChI is InChI=1S/C14H9Cl2NO3/c15-6-1-2-8(7(16)5-6)17-13(18)11-9-3-4-10(20-9)12(11)14(17)19/h1-5,9-12H/t9-,10-,11-,12-/m0/s1. The van der Waals surface area contributed by atoms with E-state index in [0.29, 0.717) is 15.7 Å². The number of amides is 2. The zero-order valence-electron chi connectivity index (χ0n) is 10.1. The van der Waals surface area contributed by atoms with Crippen molar-refractivity contribution < 1.29 is 14.3 Å². The van der Waals surface area contributed by atoms with Crippen molar-refractivity contribution in [1.29, 1.82) is 0 Å². The maximum atomic E-state index is 12.5. The van der Waals surface area contributed by atoms with Gasteiger partial charge in [-0.3, -0.25) is 9.59 Å². The average Bonchev–Trinajstić information content (AvgIpc) is 3.06. The average molecular weight is 310 g/mol. The lowest BCUT2D eigenvalue weighted by Gasteiger charge is -2.18. The minimum absolute atomic E-state index is 0.249. The number of nitrogens with zero attached hydrogens (tertiary/aromatic N) is 1. The third-order valence-electron chi connectivity index (χ3n) is 4.06. The Balaban J connectivity index is 1.78. The topological polar surface area (TPSA) is 46.6 Å². The van der Waals surface area contributed by atoms with Crippen molar-refractivity contribution in [2.45, 2.75) is 12.2 Å². The molecule has 2 amide bonds. The molecule has 0 unspecified atom stereocenters. The summed E-state index contributed by atoms with van der Waals surface area (Å²) in [5.41, 5.74) is 0.389. The summed E-state index contributed by atoms with van der Waals surface area (Å²) in [5.74, 6) is -1.35. The molecular formula is C14H9Cl2NO3. The van der Waals surface area contributed by atoms with Crippen molar-refractivity contribution in [3.05, 3.63) is 40.4 Å². The first-order valence-electron chi connectivity index (χ1n) is 6.24. The van der Waals surface area contributed by atoms with E-state index in [-0.39, 0.29) is 24.0 Å². The van der Waals surface area contributed by atoms with Crippen LogP contribution in [0.25, 0.3) is 0 Å². The first-order chi connectivity index (χ1) is 9.58. The van der Waals surface area contributed by atoms with Crippen molar-refractivity contribution in [3.8, 4) is 0 Å². The number of benzene rings is 1. The van der Waals surface area contributed by atoms with Crippen LogP contribution in [0.5, 0.6) is 0 Å². The number of hydrogen-bond donors (Lipinski definition) is 0. The van der Waals surface area contributed by atoms with Gasteiger partial charge in [0.1, 0.15) is 0 Å². The molecule has 1 aromatic rings. The Bertz CT molecular complexity index is 642. The van der Waals surface area contributed by atoms with Crippen LogP contribution in [-0.4, -0.2) is 24.0 Å². The molecule has 2 bridgehead atoms. The van der Waals surface area contributed by atoms with Crippen LogP contribution in [0, 0.1) is 11.8 Å². The number of ether oxygens (including phenoxy) is 1. The molecule has 3 aliphatic rings. The molecule has 0 N–H and O–H groups in total. The molecule has 6 heteroatoms. The van der Waals surface area contributed by atoms with Gasteiger partial charge in [0.05, 0.1) is 34.8 Å². The molecule has 1 aromatic carbocycles. The number of hydrogen-bond acceptors (Lipinski definition) is 3. The number of fused-ring (bicyclic) bond motifs is 5. The normalized spacial score (nSPS) is 34.2. The fraction of sp³-hybridized carbons (Fsp3) is 0.286. The molecule has 3 heterocycles. The van der Waals surface area contributed by atoms with Gasteiger partial charge in [0.2, 0.25) is 11.8 Å². The fourth-order valence-corrected chi connectivity index (χ4v) is 3.70. The van der Waals surface area contributed by atoms with Crippen molar-refractivity contribution in [2.24, 2.45) is 11.8 Å². The van der Waals surface area contributed by atoms with Crippen molar-refractivity contribution in [3.63, 3.8) is 0 Å².